The van der Waals surface area contributed by atoms with E-state index in [1.165, 1.54) is 27.6 Å². The largest absolute Gasteiger partial charge is 0.371 e. The standard InChI is InChI=1S/C14H18N4O2S/c1-4-14(2,3)17-8-10(19)18(13(17)20)12-16-15-11(21-12)9-6-5-7-9/h1,9-10,19H,5-8H2,2-3H3. The summed E-state index contributed by atoms with van der Waals surface area (Å²) in [5.41, 5.74) is -0.742. The molecule has 1 aromatic rings. The van der Waals surface area contributed by atoms with Crippen LogP contribution in [0, 0.1) is 12.3 Å². The van der Waals surface area contributed by atoms with Gasteiger partial charge in [-0.05, 0) is 26.7 Å². The van der Waals surface area contributed by atoms with Crippen molar-refractivity contribution in [1.29, 1.82) is 0 Å². The number of carbonyl (C=O) groups excluding carboxylic acids is 1. The van der Waals surface area contributed by atoms with Crippen molar-refractivity contribution in [2.75, 3.05) is 11.4 Å². The van der Waals surface area contributed by atoms with Crippen LogP contribution < -0.4 is 4.90 Å². The number of terminal acetylenes is 1. The second kappa shape index (κ2) is 4.97. The Balaban J connectivity index is 1.83. The zero-order valence-electron chi connectivity index (χ0n) is 12.1. The van der Waals surface area contributed by atoms with Gasteiger partial charge >= 0.3 is 6.03 Å². The van der Waals surface area contributed by atoms with Crippen LogP contribution in [0.1, 0.15) is 44.0 Å². The zero-order valence-corrected chi connectivity index (χ0v) is 12.9. The van der Waals surface area contributed by atoms with Crippen LogP contribution in [0.3, 0.4) is 0 Å². The number of aromatic nitrogens is 2. The number of hydrogen-bond donors (Lipinski definition) is 1. The third-order valence-corrected chi connectivity index (χ3v) is 5.28. The molecule has 1 aliphatic carbocycles. The minimum atomic E-state index is -0.938. The minimum absolute atomic E-state index is 0.175. The number of aliphatic hydroxyl groups is 1. The highest BCUT2D eigenvalue weighted by molar-refractivity contribution is 7.15. The zero-order chi connectivity index (χ0) is 15.2. The fourth-order valence-electron chi connectivity index (χ4n) is 2.48. The quantitative estimate of drug-likeness (QED) is 0.864. The van der Waals surface area contributed by atoms with E-state index in [0.717, 1.165) is 17.8 Å². The monoisotopic (exact) mass is 306 g/mol. The van der Waals surface area contributed by atoms with Gasteiger partial charge in [0.1, 0.15) is 5.01 Å². The van der Waals surface area contributed by atoms with Gasteiger partial charge in [0.15, 0.2) is 6.23 Å². The van der Waals surface area contributed by atoms with E-state index in [1.54, 1.807) is 13.8 Å². The highest BCUT2D eigenvalue weighted by Crippen LogP contribution is 2.40. The summed E-state index contributed by atoms with van der Waals surface area (Å²) >= 11 is 1.39. The van der Waals surface area contributed by atoms with E-state index >= 15 is 0 Å². The predicted molar refractivity (Wildman–Crippen MR) is 80.0 cm³/mol. The Hall–Kier alpha value is -1.65. The lowest BCUT2D eigenvalue weighted by molar-refractivity contribution is 0.150. The molecular formula is C14H18N4O2S. The van der Waals surface area contributed by atoms with Crippen LogP contribution in [-0.2, 0) is 0 Å². The second-order valence-electron chi connectivity index (χ2n) is 6.00. The molecule has 1 aromatic heterocycles. The molecule has 1 N–H and O–H groups in total. The number of anilines is 1. The highest BCUT2D eigenvalue weighted by atomic mass is 32.1. The van der Waals surface area contributed by atoms with E-state index in [9.17, 15) is 9.90 Å². The number of urea groups is 1. The van der Waals surface area contributed by atoms with Crippen molar-refractivity contribution in [1.82, 2.24) is 15.1 Å². The van der Waals surface area contributed by atoms with E-state index in [4.69, 9.17) is 6.42 Å². The molecule has 1 saturated carbocycles. The summed E-state index contributed by atoms with van der Waals surface area (Å²) in [5.74, 6) is 3.04. The van der Waals surface area contributed by atoms with Crippen LogP contribution in [0.15, 0.2) is 0 Å². The Kier molecular flexibility index (Phi) is 3.38. The molecule has 112 valence electrons. The maximum absolute atomic E-state index is 12.5. The summed E-state index contributed by atoms with van der Waals surface area (Å²) in [6, 6.07) is -0.318. The molecule has 3 rings (SSSR count). The first-order valence-electron chi connectivity index (χ1n) is 7.04. The Morgan fingerprint density at radius 1 is 1.43 bits per heavy atom. The maximum atomic E-state index is 12.5. The molecule has 21 heavy (non-hydrogen) atoms. The summed E-state index contributed by atoms with van der Waals surface area (Å²) in [6.45, 7) is 3.73. The van der Waals surface area contributed by atoms with Gasteiger partial charge < -0.3 is 10.0 Å². The Labute approximate surface area is 127 Å². The van der Waals surface area contributed by atoms with Crippen molar-refractivity contribution >= 4 is 22.5 Å². The number of hydrogen-bond acceptors (Lipinski definition) is 5. The van der Waals surface area contributed by atoms with Gasteiger partial charge in [0.25, 0.3) is 0 Å². The van der Waals surface area contributed by atoms with Crippen LogP contribution in [0.5, 0.6) is 0 Å². The summed E-state index contributed by atoms with van der Waals surface area (Å²) in [6.07, 6.45) is 8.01. The van der Waals surface area contributed by atoms with Gasteiger partial charge in [0, 0.05) is 5.92 Å². The van der Waals surface area contributed by atoms with Gasteiger partial charge in [-0.25, -0.2) is 9.69 Å². The maximum Gasteiger partial charge on any atom is 0.329 e. The molecule has 2 amide bonds. The average Bonchev–Trinajstić information content (AvgIpc) is 2.93. The first-order valence-corrected chi connectivity index (χ1v) is 7.86. The molecule has 2 heterocycles. The van der Waals surface area contributed by atoms with Crippen LogP contribution in [0.4, 0.5) is 9.93 Å². The lowest BCUT2D eigenvalue weighted by Crippen LogP contribution is -2.45. The van der Waals surface area contributed by atoms with Gasteiger partial charge in [-0.2, -0.15) is 0 Å². The number of β-amino-alcohol motifs (C(OH)–C–C–N with tert-alkyl or cyclic N) is 1. The van der Waals surface area contributed by atoms with Crippen LogP contribution in [-0.4, -0.2) is 44.5 Å². The molecule has 1 saturated heterocycles. The van der Waals surface area contributed by atoms with Crippen LogP contribution >= 0.6 is 11.3 Å². The summed E-state index contributed by atoms with van der Waals surface area (Å²) in [7, 11) is 0. The van der Waals surface area contributed by atoms with Gasteiger partial charge in [-0.1, -0.05) is 23.7 Å². The Morgan fingerprint density at radius 2 is 2.14 bits per heavy atom. The van der Waals surface area contributed by atoms with E-state index < -0.39 is 11.8 Å². The first kappa shape index (κ1) is 14.3. The van der Waals surface area contributed by atoms with Gasteiger partial charge in [-0.3, -0.25) is 0 Å². The molecule has 6 nitrogen and oxygen atoms in total. The molecule has 1 atom stereocenters. The van der Waals surface area contributed by atoms with Crippen LogP contribution in [0.2, 0.25) is 0 Å². The molecule has 0 bridgehead atoms. The van der Waals surface area contributed by atoms with Crippen molar-refractivity contribution in [2.45, 2.75) is 50.8 Å². The van der Waals surface area contributed by atoms with E-state index in [-0.39, 0.29) is 12.6 Å². The number of aliphatic hydroxyl groups excluding tert-OH is 1. The molecule has 0 radical (unpaired) electrons. The molecular weight excluding hydrogens is 288 g/mol. The van der Waals surface area contributed by atoms with Crippen molar-refractivity contribution in [3.63, 3.8) is 0 Å². The van der Waals surface area contributed by atoms with Crippen molar-refractivity contribution in [3.05, 3.63) is 5.01 Å². The topological polar surface area (TPSA) is 69.6 Å². The number of amides is 2. The lowest BCUT2D eigenvalue weighted by Gasteiger charge is -2.29. The summed E-state index contributed by atoms with van der Waals surface area (Å²) in [4.78, 5) is 15.3. The first-order chi connectivity index (χ1) is 9.94. The number of rotatable bonds is 3. The van der Waals surface area contributed by atoms with Crippen molar-refractivity contribution < 1.29 is 9.90 Å². The second-order valence-corrected chi connectivity index (χ2v) is 6.99. The molecule has 2 fully saturated rings. The third kappa shape index (κ3) is 2.28. The number of nitrogens with zero attached hydrogens (tertiary/aromatic N) is 4. The van der Waals surface area contributed by atoms with E-state index in [1.807, 2.05) is 0 Å². The predicted octanol–water partition coefficient (Wildman–Crippen LogP) is 1.78. The van der Waals surface area contributed by atoms with Gasteiger partial charge in [0.05, 0.1) is 12.1 Å². The van der Waals surface area contributed by atoms with Crippen molar-refractivity contribution in [3.8, 4) is 12.3 Å². The smallest absolute Gasteiger partial charge is 0.329 e. The summed E-state index contributed by atoms with van der Waals surface area (Å²) in [5, 5.41) is 19.8. The Bertz CT molecular complexity index is 602. The molecule has 0 spiro atoms. The average molecular weight is 306 g/mol. The fourth-order valence-corrected chi connectivity index (χ4v) is 3.53. The molecule has 0 aromatic carbocycles. The molecule has 2 aliphatic rings. The van der Waals surface area contributed by atoms with Gasteiger partial charge in [0.2, 0.25) is 5.13 Å². The molecule has 1 aliphatic heterocycles. The van der Waals surface area contributed by atoms with E-state index in [2.05, 4.69) is 16.1 Å². The Morgan fingerprint density at radius 3 is 2.71 bits per heavy atom. The van der Waals surface area contributed by atoms with Gasteiger partial charge in [-0.15, -0.1) is 16.6 Å². The SMILES string of the molecule is C#CC(C)(C)N1CC(O)N(c2nnc(C3CCC3)s2)C1=O. The van der Waals surface area contributed by atoms with Crippen molar-refractivity contribution in [2.24, 2.45) is 0 Å². The summed E-state index contributed by atoms with van der Waals surface area (Å²) < 4.78 is 0. The molecule has 7 heteroatoms. The lowest BCUT2D eigenvalue weighted by atomic mass is 9.86. The number of carbonyl (C=O) groups is 1. The van der Waals surface area contributed by atoms with E-state index in [0.29, 0.717) is 11.0 Å². The third-order valence-electron chi connectivity index (χ3n) is 4.20. The highest BCUT2D eigenvalue weighted by Gasteiger charge is 2.45. The van der Waals surface area contributed by atoms with Crippen LogP contribution in [0.25, 0.3) is 0 Å². The fraction of sp³-hybridized carbons (Fsp3) is 0.643. The normalized spacial score (nSPS) is 23.3. The molecule has 1 unspecified atom stereocenters. The minimum Gasteiger partial charge on any atom is -0.371 e.